The summed E-state index contributed by atoms with van der Waals surface area (Å²) in [4.78, 5) is 32.1. The maximum Gasteiger partial charge on any atom is 0.273 e. The molecule has 158 valence electrons. The number of nitrogens with zero attached hydrogens (tertiary/aromatic N) is 2. The van der Waals surface area contributed by atoms with Gasteiger partial charge in [-0.3, -0.25) is 25.3 Å². The van der Waals surface area contributed by atoms with E-state index in [2.05, 4.69) is 21.1 Å². The zero-order chi connectivity index (χ0) is 20.8. The van der Waals surface area contributed by atoms with E-state index in [4.69, 9.17) is 4.98 Å². The van der Waals surface area contributed by atoms with Crippen molar-refractivity contribution in [1.82, 2.24) is 20.7 Å². The quantitative estimate of drug-likeness (QED) is 0.664. The SMILES string of the molecule is O=C(CN1CCCCC1)NNC(=O)c1cc2c(nc1Nc1ccccc1)CCCC2. The molecule has 1 aromatic heterocycles. The Morgan fingerprint density at radius 1 is 0.933 bits per heavy atom. The molecule has 1 aromatic carbocycles. The number of carbonyl (C=O) groups is 2. The van der Waals surface area contributed by atoms with Crippen LogP contribution >= 0.6 is 0 Å². The minimum Gasteiger partial charge on any atom is -0.340 e. The zero-order valence-electron chi connectivity index (χ0n) is 17.2. The topological polar surface area (TPSA) is 86.4 Å². The van der Waals surface area contributed by atoms with Gasteiger partial charge < -0.3 is 5.32 Å². The lowest BCUT2D eigenvalue weighted by Crippen LogP contribution is -2.47. The number of aromatic nitrogens is 1. The number of carbonyl (C=O) groups excluding carboxylic acids is 2. The number of rotatable bonds is 5. The summed E-state index contributed by atoms with van der Waals surface area (Å²) in [6.45, 7) is 2.17. The standard InChI is InChI=1S/C23H29N5O2/c29-21(16-28-13-7-2-8-14-28)26-27-23(30)19-15-17-9-5-6-12-20(17)25-22(19)24-18-10-3-1-4-11-18/h1,3-4,10-11,15H,2,5-9,12-14,16H2,(H,24,25)(H,26,29)(H,27,30). The van der Waals surface area contributed by atoms with E-state index in [9.17, 15) is 9.59 Å². The minimum absolute atomic E-state index is 0.200. The number of benzene rings is 1. The summed E-state index contributed by atoms with van der Waals surface area (Å²) in [6.07, 6.45) is 7.53. The Kier molecular flexibility index (Phi) is 6.59. The molecule has 2 heterocycles. The molecular formula is C23H29N5O2. The van der Waals surface area contributed by atoms with Crippen LogP contribution in [0.15, 0.2) is 36.4 Å². The molecule has 0 unspecified atom stereocenters. The van der Waals surface area contributed by atoms with Gasteiger partial charge in [-0.05, 0) is 75.4 Å². The molecule has 0 bridgehead atoms. The van der Waals surface area contributed by atoms with Crippen molar-refractivity contribution in [2.24, 2.45) is 0 Å². The second-order valence-corrected chi connectivity index (χ2v) is 8.03. The van der Waals surface area contributed by atoms with E-state index in [-0.39, 0.29) is 11.8 Å². The number of anilines is 2. The number of aryl methyl sites for hydroxylation is 2. The molecule has 2 aromatic rings. The van der Waals surface area contributed by atoms with Gasteiger partial charge in [-0.1, -0.05) is 24.6 Å². The molecule has 1 aliphatic heterocycles. The monoisotopic (exact) mass is 407 g/mol. The van der Waals surface area contributed by atoms with Gasteiger partial charge in [-0.2, -0.15) is 0 Å². The third kappa shape index (κ3) is 5.16. The summed E-state index contributed by atoms with van der Waals surface area (Å²) in [5.41, 5.74) is 8.61. The molecule has 7 nitrogen and oxygen atoms in total. The zero-order valence-corrected chi connectivity index (χ0v) is 17.2. The highest BCUT2D eigenvalue weighted by molar-refractivity contribution is 6.00. The average molecular weight is 408 g/mol. The summed E-state index contributed by atoms with van der Waals surface area (Å²) in [6, 6.07) is 11.6. The fourth-order valence-electron chi connectivity index (χ4n) is 4.11. The van der Waals surface area contributed by atoms with Crippen LogP contribution in [0, 0.1) is 0 Å². The Hall–Kier alpha value is -2.93. The number of likely N-dealkylation sites (tertiary alicyclic amines) is 1. The van der Waals surface area contributed by atoms with Crippen LogP contribution in [0.5, 0.6) is 0 Å². The molecule has 0 spiro atoms. The smallest absolute Gasteiger partial charge is 0.273 e. The van der Waals surface area contributed by atoms with Gasteiger partial charge in [0.2, 0.25) is 0 Å². The summed E-state index contributed by atoms with van der Waals surface area (Å²) >= 11 is 0. The molecule has 4 rings (SSSR count). The summed E-state index contributed by atoms with van der Waals surface area (Å²) in [5, 5.41) is 3.26. The summed E-state index contributed by atoms with van der Waals surface area (Å²) < 4.78 is 0. The number of fused-ring (bicyclic) bond motifs is 1. The van der Waals surface area contributed by atoms with Crippen LogP contribution in [0.4, 0.5) is 11.5 Å². The van der Waals surface area contributed by atoms with Gasteiger partial charge in [-0.15, -0.1) is 0 Å². The van der Waals surface area contributed by atoms with Crippen molar-refractivity contribution in [2.45, 2.75) is 44.9 Å². The van der Waals surface area contributed by atoms with Gasteiger partial charge in [0.15, 0.2) is 0 Å². The third-order valence-corrected chi connectivity index (χ3v) is 5.71. The van der Waals surface area contributed by atoms with Gasteiger partial charge in [0.1, 0.15) is 5.82 Å². The van der Waals surface area contributed by atoms with E-state index < -0.39 is 0 Å². The first kappa shape index (κ1) is 20.3. The number of pyridine rings is 1. The van der Waals surface area contributed by atoms with Gasteiger partial charge >= 0.3 is 0 Å². The fraction of sp³-hybridized carbons (Fsp3) is 0.435. The molecule has 30 heavy (non-hydrogen) atoms. The highest BCUT2D eigenvalue weighted by Gasteiger charge is 2.20. The summed E-state index contributed by atoms with van der Waals surface area (Å²) in [5.74, 6) is -0.0420. The number of para-hydroxylation sites is 1. The van der Waals surface area contributed by atoms with E-state index in [0.717, 1.165) is 68.6 Å². The highest BCUT2D eigenvalue weighted by atomic mass is 16.2. The predicted molar refractivity (Wildman–Crippen MR) is 117 cm³/mol. The van der Waals surface area contributed by atoms with Crippen molar-refractivity contribution < 1.29 is 9.59 Å². The van der Waals surface area contributed by atoms with Crippen molar-refractivity contribution >= 4 is 23.3 Å². The van der Waals surface area contributed by atoms with Gasteiger partial charge in [-0.25, -0.2) is 4.98 Å². The first-order valence-corrected chi connectivity index (χ1v) is 10.9. The van der Waals surface area contributed by atoms with Crippen LogP contribution < -0.4 is 16.2 Å². The van der Waals surface area contributed by atoms with Gasteiger partial charge in [0.05, 0.1) is 12.1 Å². The van der Waals surface area contributed by atoms with Gasteiger partial charge in [0.25, 0.3) is 11.8 Å². The molecule has 1 aliphatic carbocycles. The number of hydrazine groups is 1. The second kappa shape index (κ2) is 9.71. The number of hydrogen-bond donors (Lipinski definition) is 3. The largest absolute Gasteiger partial charge is 0.340 e. The normalized spacial score (nSPS) is 16.4. The highest BCUT2D eigenvalue weighted by Crippen LogP contribution is 2.26. The van der Waals surface area contributed by atoms with Crippen molar-refractivity contribution in [2.75, 3.05) is 25.0 Å². The molecule has 1 saturated heterocycles. The first-order chi connectivity index (χ1) is 14.7. The second-order valence-electron chi connectivity index (χ2n) is 8.03. The Labute approximate surface area is 177 Å². The first-order valence-electron chi connectivity index (χ1n) is 10.9. The molecule has 0 atom stereocenters. The van der Waals surface area contributed by atoms with Crippen LogP contribution in [0.25, 0.3) is 0 Å². The van der Waals surface area contributed by atoms with Crippen LogP contribution in [0.1, 0.15) is 53.7 Å². The molecule has 0 radical (unpaired) electrons. The maximum atomic E-state index is 12.9. The van der Waals surface area contributed by atoms with Crippen LogP contribution in [-0.4, -0.2) is 41.3 Å². The van der Waals surface area contributed by atoms with E-state index in [0.29, 0.717) is 17.9 Å². The van der Waals surface area contributed by atoms with Crippen LogP contribution in [0.2, 0.25) is 0 Å². The average Bonchev–Trinajstić information content (AvgIpc) is 2.78. The molecule has 2 aliphatic rings. The van der Waals surface area contributed by atoms with E-state index in [1.807, 2.05) is 36.4 Å². The van der Waals surface area contributed by atoms with Crippen molar-refractivity contribution in [3.8, 4) is 0 Å². The maximum absolute atomic E-state index is 12.9. The molecule has 3 N–H and O–H groups in total. The van der Waals surface area contributed by atoms with Crippen LogP contribution in [-0.2, 0) is 17.6 Å². The molecule has 1 fully saturated rings. The van der Waals surface area contributed by atoms with Crippen LogP contribution in [0.3, 0.4) is 0 Å². The summed E-state index contributed by atoms with van der Waals surface area (Å²) in [7, 11) is 0. The van der Waals surface area contributed by atoms with Gasteiger partial charge in [0, 0.05) is 11.4 Å². The van der Waals surface area contributed by atoms with E-state index in [1.54, 1.807) is 0 Å². The van der Waals surface area contributed by atoms with E-state index in [1.165, 1.54) is 6.42 Å². The molecular weight excluding hydrogens is 378 g/mol. The van der Waals surface area contributed by atoms with Crippen molar-refractivity contribution in [3.63, 3.8) is 0 Å². The molecule has 0 saturated carbocycles. The fourth-order valence-corrected chi connectivity index (χ4v) is 4.11. The lowest BCUT2D eigenvalue weighted by Gasteiger charge is -2.25. The lowest BCUT2D eigenvalue weighted by atomic mass is 9.94. The number of hydrogen-bond acceptors (Lipinski definition) is 5. The number of piperidine rings is 1. The Balaban J connectivity index is 1.46. The Morgan fingerprint density at radius 3 is 2.50 bits per heavy atom. The molecule has 2 amide bonds. The number of nitrogens with one attached hydrogen (secondary N) is 3. The molecule has 7 heteroatoms. The van der Waals surface area contributed by atoms with E-state index >= 15 is 0 Å². The number of amides is 2. The Bertz CT molecular complexity index is 894. The minimum atomic E-state index is -0.360. The predicted octanol–water partition coefficient (Wildman–Crippen LogP) is 2.95. The van der Waals surface area contributed by atoms with Crippen molar-refractivity contribution in [3.05, 3.63) is 53.2 Å². The third-order valence-electron chi connectivity index (χ3n) is 5.71. The Morgan fingerprint density at radius 2 is 1.70 bits per heavy atom. The van der Waals surface area contributed by atoms with Crippen molar-refractivity contribution in [1.29, 1.82) is 0 Å². The lowest BCUT2D eigenvalue weighted by molar-refractivity contribution is -0.123.